The van der Waals surface area contributed by atoms with Gasteiger partial charge in [-0.15, -0.1) is 0 Å². The van der Waals surface area contributed by atoms with Crippen molar-refractivity contribution in [3.05, 3.63) is 70.5 Å². The molecule has 25 heavy (non-hydrogen) atoms. The van der Waals surface area contributed by atoms with E-state index in [0.717, 1.165) is 12.2 Å². The smallest absolute Gasteiger partial charge is 0.144 e. The Morgan fingerprint density at radius 3 is 2.28 bits per heavy atom. The summed E-state index contributed by atoms with van der Waals surface area (Å²) in [6.45, 7) is 11.0. The second kappa shape index (κ2) is 7.26. The number of hydrogen-bond acceptors (Lipinski definition) is 1. The summed E-state index contributed by atoms with van der Waals surface area (Å²) in [5.41, 5.74) is 8.95. The number of hydrogen-bond donors (Lipinski definition) is 0. The van der Waals surface area contributed by atoms with Gasteiger partial charge in [0, 0.05) is 17.5 Å². The maximum absolute atomic E-state index is 4.82. The van der Waals surface area contributed by atoms with Crippen molar-refractivity contribution in [1.82, 2.24) is 9.55 Å². The number of aryl methyl sites for hydroxylation is 5. The lowest BCUT2D eigenvalue weighted by molar-refractivity contribution is 0.759. The first kappa shape index (κ1) is 17.5. The molecule has 0 fully saturated rings. The minimum absolute atomic E-state index is 1.05. The SMILES string of the molecule is CCCCc1cnc(-c2cccc(C)c2)n1-c1c(C)cc(C)cc1C. The zero-order chi connectivity index (χ0) is 18.0. The standard InChI is InChI=1S/C23H28N2/c1-6-7-11-21-15-24-23(20-10-8-9-16(2)14-20)25(21)22-18(4)12-17(3)13-19(22)5/h8-10,12-15H,6-7,11H2,1-5H3. The van der Waals surface area contributed by atoms with Crippen molar-refractivity contribution in [2.24, 2.45) is 0 Å². The molecule has 0 spiro atoms. The van der Waals surface area contributed by atoms with E-state index in [9.17, 15) is 0 Å². The fourth-order valence-electron chi connectivity index (χ4n) is 3.68. The first-order valence-electron chi connectivity index (χ1n) is 9.23. The summed E-state index contributed by atoms with van der Waals surface area (Å²) in [7, 11) is 0. The van der Waals surface area contributed by atoms with E-state index in [1.165, 1.54) is 52.0 Å². The highest BCUT2D eigenvalue weighted by Gasteiger charge is 2.17. The van der Waals surface area contributed by atoms with Gasteiger partial charge in [0.25, 0.3) is 0 Å². The molecule has 0 atom stereocenters. The molecule has 0 radical (unpaired) electrons. The maximum atomic E-state index is 4.82. The quantitative estimate of drug-likeness (QED) is 0.550. The van der Waals surface area contributed by atoms with Crippen LogP contribution in [0.25, 0.3) is 17.1 Å². The lowest BCUT2D eigenvalue weighted by Gasteiger charge is -2.18. The Labute approximate surface area is 151 Å². The van der Waals surface area contributed by atoms with Crippen LogP contribution in [0, 0.1) is 27.7 Å². The third-order valence-corrected chi connectivity index (χ3v) is 4.76. The van der Waals surface area contributed by atoms with Crippen molar-refractivity contribution < 1.29 is 0 Å². The van der Waals surface area contributed by atoms with Crippen LogP contribution in [0.4, 0.5) is 0 Å². The van der Waals surface area contributed by atoms with Gasteiger partial charge in [-0.1, -0.05) is 54.8 Å². The summed E-state index contributed by atoms with van der Waals surface area (Å²) < 4.78 is 2.38. The van der Waals surface area contributed by atoms with Gasteiger partial charge in [-0.3, -0.25) is 4.57 Å². The van der Waals surface area contributed by atoms with E-state index in [-0.39, 0.29) is 0 Å². The normalized spacial score (nSPS) is 11.1. The number of rotatable bonds is 5. The summed E-state index contributed by atoms with van der Waals surface area (Å²) in [5.74, 6) is 1.05. The van der Waals surface area contributed by atoms with Crippen molar-refractivity contribution in [3.63, 3.8) is 0 Å². The van der Waals surface area contributed by atoms with Gasteiger partial charge < -0.3 is 0 Å². The van der Waals surface area contributed by atoms with Gasteiger partial charge in [-0.25, -0.2) is 4.98 Å². The Balaban J connectivity index is 2.24. The van der Waals surface area contributed by atoms with E-state index in [1.807, 2.05) is 0 Å². The highest BCUT2D eigenvalue weighted by Crippen LogP contribution is 2.30. The second-order valence-electron chi connectivity index (χ2n) is 7.13. The first-order chi connectivity index (χ1) is 12.0. The second-order valence-corrected chi connectivity index (χ2v) is 7.13. The van der Waals surface area contributed by atoms with E-state index in [2.05, 4.69) is 81.8 Å². The molecule has 0 amide bonds. The van der Waals surface area contributed by atoms with E-state index >= 15 is 0 Å². The lowest BCUT2D eigenvalue weighted by atomic mass is 10.0. The van der Waals surface area contributed by atoms with Gasteiger partial charge in [-0.2, -0.15) is 0 Å². The fraction of sp³-hybridized carbons (Fsp3) is 0.348. The molecule has 1 heterocycles. The molecule has 0 aliphatic heterocycles. The highest BCUT2D eigenvalue weighted by molar-refractivity contribution is 5.63. The van der Waals surface area contributed by atoms with Crippen LogP contribution in [-0.2, 0) is 6.42 Å². The van der Waals surface area contributed by atoms with Gasteiger partial charge in [0.1, 0.15) is 5.82 Å². The van der Waals surface area contributed by atoms with Gasteiger partial charge in [0.2, 0.25) is 0 Å². The molecule has 0 N–H and O–H groups in total. The Bertz CT molecular complexity index is 864. The average Bonchev–Trinajstić information content (AvgIpc) is 2.95. The molecular weight excluding hydrogens is 304 g/mol. The topological polar surface area (TPSA) is 17.8 Å². The molecule has 0 saturated carbocycles. The molecule has 1 aromatic heterocycles. The monoisotopic (exact) mass is 332 g/mol. The van der Waals surface area contributed by atoms with Crippen LogP contribution in [0.3, 0.4) is 0 Å². The van der Waals surface area contributed by atoms with Gasteiger partial charge in [0.05, 0.1) is 5.69 Å². The van der Waals surface area contributed by atoms with Crippen molar-refractivity contribution >= 4 is 0 Å². The predicted molar refractivity (Wildman–Crippen MR) is 107 cm³/mol. The number of nitrogens with zero attached hydrogens (tertiary/aromatic N) is 2. The minimum Gasteiger partial charge on any atom is -0.296 e. The molecule has 0 unspecified atom stereocenters. The van der Waals surface area contributed by atoms with Crippen molar-refractivity contribution in [2.75, 3.05) is 0 Å². The summed E-state index contributed by atoms with van der Waals surface area (Å²) in [4.78, 5) is 4.82. The van der Waals surface area contributed by atoms with Crippen LogP contribution in [0.2, 0.25) is 0 Å². The largest absolute Gasteiger partial charge is 0.296 e. The van der Waals surface area contributed by atoms with Gasteiger partial charge in [-0.05, 0) is 57.7 Å². The zero-order valence-electron chi connectivity index (χ0n) is 16.1. The average molecular weight is 332 g/mol. The third kappa shape index (κ3) is 3.53. The van der Waals surface area contributed by atoms with E-state index in [4.69, 9.17) is 4.98 Å². The summed E-state index contributed by atoms with van der Waals surface area (Å²) in [5, 5.41) is 0. The molecule has 2 nitrogen and oxygen atoms in total. The Morgan fingerprint density at radius 2 is 1.64 bits per heavy atom. The minimum atomic E-state index is 1.05. The zero-order valence-corrected chi connectivity index (χ0v) is 16.1. The lowest BCUT2D eigenvalue weighted by Crippen LogP contribution is -2.07. The Kier molecular flexibility index (Phi) is 5.08. The van der Waals surface area contributed by atoms with Crippen LogP contribution in [-0.4, -0.2) is 9.55 Å². The number of aromatic nitrogens is 2. The molecule has 130 valence electrons. The molecular formula is C23H28N2. The van der Waals surface area contributed by atoms with Crippen LogP contribution in [0.5, 0.6) is 0 Å². The third-order valence-electron chi connectivity index (χ3n) is 4.76. The molecule has 2 heteroatoms. The molecule has 0 saturated heterocycles. The molecule has 0 aliphatic carbocycles. The molecule has 2 aromatic carbocycles. The van der Waals surface area contributed by atoms with Crippen LogP contribution >= 0.6 is 0 Å². The van der Waals surface area contributed by atoms with Crippen LogP contribution < -0.4 is 0 Å². The van der Waals surface area contributed by atoms with E-state index < -0.39 is 0 Å². The summed E-state index contributed by atoms with van der Waals surface area (Å²) in [6.07, 6.45) is 5.49. The van der Waals surface area contributed by atoms with Crippen molar-refractivity contribution in [2.45, 2.75) is 53.9 Å². The van der Waals surface area contributed by atoms with Crippen LogP contribution in [0.1, 0.15) is 47.7 Å². The Morgan fingerprint density at radius 1 is 0.920 bits per heavy atom. The van der Waals surface area contributed by atoms with Crippen molar-refractivity contribution in [3.8, 4) is 17.1 Å². The molecule has 3 aromatic rings. The number of unbranched alkanes of at least 4 members (excludes halogenated alkanes) is 1. The first-order valence-corrected chi connectivity index (χ1v) is 9.23. The van der Waals surface area contributed by atoms with E-state index in [1.54, 1.807) is 0 Å². The maximum Gasteiger partial charge on any atom is 0.144 e. The van der Waals surface area contributed by atoms with Crippen LogP contribution in [0.15, 0.2) is 42.6 Å². The molecule has 0 aliphatic rings. The number of imidazole rings is 1. The molecule has 3 rings (SSSR count). The highest BCUT2D eigenvalue weighted by atomic mass is 15.1. The predicted octanol–water partition coefficient (Wildman–Crippen LogP) is 6.12. The van der Waals surface area contributed by atoms with Gasteiger partial charge in [0.15, 0.2) is 0 Å². The Hall–Kier alpha value is -2.35. The summed E-state index contributed by atoms with van der Waals surface area (Å²) in [6, 6.07) is 13.2. The van der Waals surface area contributed by atoms with Crippen molar-refractivity contribution in [1.29, 1.82) is 0 Å². The summed E-state index contributed by atoms with van der Waals surface area (Å²) >= 11 is 0. The van der Waals surface area contributed by atoms with Gasteiger partial charge >= 0.3 is 0 Å². The fourth-order valence-corrected chi connectivity index (χ4v) is 3.68. The number of benzene rings is 2. The molecule has 0 bridgehead atoms. The van der Waals surface area contributed by atoms with E-state index in [0.29, 0.717) is 0 Å².